The summed E-state index contributed by atoms with van der Waals surface area (Å²) >= 11 is 0. The molecule has 9 aromatic carbocycles. The first-order valence-corrected chi connectivity index (χ1v) is 21.0. The molecule has 0 saturated heterocycles. The molecule has 1 aliphatic heterocycles. The molecule has 288 valence electrons. The predicted octanol–water partition coefficient (Wildman–Crippen LogP) is 15.8. The molecule has 10 aromatic rings. The van der Waals surface area contributed by atoms with Crippen molar-refractivity contribution in [2.45, 2.75) is 12.0 Å². The van der Waals surface area contributed by atoms with E-state index in [0.29, 0.717) is 0 Å². The van der Waals surface area contributed by atoms with Gasteiger partial charge < -0.3 is 14.1 Å². The molecule has 0 bridgehead atoms. The third-order valence-corrected chi connectivity index (χ3v) is 12.4. The maximum atomic E-state index is 6.59. The van der Waals surface area contributed by atoms with Gasteiger partial charge in [0.15, 0.2) is 0 Å². The zero-order chi connectivity index (χ0) is 40.3. The second-order valence-corrected chi connectivity index (χ2v) is 16.0. The van der Waals surface area contributed by atoms with Crippen LogP contribution in [0.1, 0.15) is 11.5 Å². The number of benzene rings is 9. The van der Waals surface area contributed by atoms with Gasteiger partial charge in [-0.05, 0) is 116 Å². The summed E-state index contributed by atoms with van der Waals surface area (Å²) in [7, 11) is 0. The van der Waals surface area contributed by atoms with Crippen molar-refractivity contribution in [2.24, 2.45) is 0 Å². The number of para-hydroxylation sites is 1. The largest absolute Gasteiger partial charge is 0.485 e. The maximum Gasteiger partial charge on any atom is 0.136 e. The van der Waals surface area contributed by atoms with Gasteiger partial charge in [-0.1, -0.05) is 158 Å². The fourth-order valence-electron chi connectivity index (χ4n) is 9.47. The fourth-order valence-corrected chi connectivity index (χ4v) is 9.47. The highest BCUT2D eigenvalue weighted by atomic mass is 16.5. The zero-order valence-electron chi connectivity index (χ0n) is 33.3. The van der Waals surface area contributed by atoms with E-state index in [4.69, 9.17) is 9.15 Å². The Morgan fingerprint density at radius 1 is 0.393 bits per heavy atom. The summed E-state index contributed by atoms with van der Waals surface area (Å²) in [4.78, 5) is 2.43. The second kappa shape index (κ2) is 14.4. The quantitative estimate of drug-likeness (QED) is 0.161. The minimum Gasteiger partial charge on any atom is -0.485 e. The summed E-state index contributed by atoms with van der Waals surface area (Å²) in [5, 5.41) is 4.60. The van der Waals surface area contributed by atoms with Gasteiger partial charge in [0, 0.05) is 33.5 Å². The normalized spacial score (nSPS) is 15.2. The van der Waals surface area contributed by atoms with Crippen LogP contribution in [0.2, 0.25) is 0 Å². The molecule has 3 heteroatoms. The summed E-state index contributed by atoms with van der Waals surface area (Å²) in [5.74, 6) is 1.03. The molecule has 2 heterocycles. The lowest BCUT2D eigenvalue weighted by atomic mass is 9.89. The molecule has 1 aromatic heterocycles. The third kappa shape index (κ3) is 6.05. The van der Waals surface area contributed by atoms with Gasteiger partial charge in [0.25, 0.3) is 0 Å². The number of hydrogen-bond acceptors (Lipinski definition) is 3. The van der Waals surface area contributed by atoms with Crippen molar-refractivity contribution in [3.8, 4) is 50.3 Å². The summed E-state index contributed by atoms with van der Waals surface area (Å²) < 4.78 is 13.0. The molecule has 12 rings (SSSR count). The van der Waals surface area contributed by atoms with Crippen LogP contribution in [0.4, 0.5) is 17.1 Å². The first kappa shape index (κ1) is 35.1. The van der Waals surface area contributed by atoms with Gasteiger partial charge in [0.2, 0.25) is 0 Å². The summed E-state index contributed by atoms with van der Waals surface area (Å²) in [6.07, 6.45) is 8.64. The van der Waals surface area contributed by atoms with Gasteiger partial charge in [-0.15, -0.1) is 0 Å². The molecule has 2 aliphatic rings. The van der Waals surface area contributed by atoms with E-state index < -0.39 is 0 Å². The van der Waals surface area contributed by atoms with Gasteiger partial charge in [-0.25, -0.2) is 0 Å². The van der Waals surface area contributed by atoms with Crippen LogP contribution in [0.25, 0.3) is 77.2 Å². The van der Waals surface area contributed by atoms with Crippen LogP contribution in [0.15, 0.2) is 229 Å². The van der Waals surface area contributed by atoms with Crippen molar-refractivity contribution in [1.82, 2.24) is 0 Å². The van der Waals surface area contributed by atoms with Gasteiger partial charge in [-0.3, -0.25) is 0 Å². The summed E-state index contributed by atoms with van der Waals surface area (Å²) in [6.45, 7) is 0. The van der Waals surface area contributed by atoms with Crippen LogP contribution in [-0.2, 0) is 0 Å². The fraction of sp³-hybridized carbons (Fsp3) is 0.0345. The first-order chi connectivity index (χ1) is 30.2. The van der Waals surface area contributed by atoms with Crippen molar-refractivity contribution in [3.05, 3.63) is 230 Å². The molecule has 0 spiro atoms. The van der Waals surface area contributed by atoms with E-state index in [1.807, 2.05) is 0 Å². The molecule has 2 unspecified atom stereocenters. The van der Waals surface area contributed by atoms with Crippen LogP contribution >= 0.6 is 0 Å². The number of nitrogens with zero attached hydrogens (tertiary/aromatic N) is 1. The number of ether oxygens (including phenoxy) is 1. The van der Waals surface area contributed by atoms with Crippen LogP contribution < -0.4 is 9.64 Å². The molecule has 2 atom stereocenters. The molecule has 0 N–H and O–H groups in total. The monoisotopic (exact) mass is 781 g/mol. The van der Waals surface area contributed by atoms with Crippen molar-refractivity contribution < 1.29 is 9.15 Å². The standard InChI is InChI=1S/C58H39NO2/c1-3-14-39(15-4-1)46-32-28-43(34-49(46)40-16-5-2-6-17-40)38-26-30-45(31-27-38)59(53-23-13-25-56-58(53)48-21-10-12-24-54(48)60-56)52-22-11-9-20-47(52)44-29-33-55-50(36-44)51-35-41-18-7-8-19-42(41)37-57(51)61-55/h1-37,48,54H. The molecular weight excluding hydrogens is 743 g/mol. The van der Waals surface area contributed by atoms with Gasteiger partial charge in [0.05, 0.1) is 11.4 Å². The Kier molecular flexibility index (Phi) is 8.31. The van der Waals surface area contributed by atoms with E-state index in [0.717, 1.165) is 61.4 Å². The van der Waals surface area contributed by atoms with Crippen molar-refractivity contribution >= 4 is 49.8 Å². The van der Waals surface area contributed by atoms with Crippen LogP contribution in [-0.4, -0.2) is 6.10 Å². The minimum absolute atomic E-state index is 0.0360. The molecule has 0 radical (unpaired) electrons. The minimum atomic E-state index is -0.0360. The average molecular weight is 782 g/mol. The van der Waals surface area contributed by atoms with Gasteiger partial charge in [-0.2, -0.15) is 0 Å². The maximum absolute atomic E-state index is 6.59. The lowest BCUT2D eigenvalue weighted by Gasteiger charge is -2.30. The van der Waals surface area contributed by atoms with Crippen molar-refractivity contribution in [2.75, 3.05) is 4.90 Å². The Hall–Kier alpha value is -7.88. The average Bonchev–Trinajstić information content (AvgIpc) is 3.89. The van der Waals surface area contributed by atoms with Gasteiger partial charge in [0.1, 0.15) is 23.0 Å². The predicted molar refractivity (Wildman–Crippen MR) is 253 cm³/mol. The Morgan fingerprint density at radius 2 is 1.05 bits per heavy atom. The van der Waals surface area contributed by atoms with E-state index in [1.165, 1.54) is 44.2 Å². The lowest BCUT2D eigenvalue weighted by molar-refractivity contribution is 0.269. The Bertz CT molecular complexity index is 3340. The Balaban J connectivity index is 1.01. The van der Waals surface area contributed by atoms with E-state index in [9.17, 15) is 0 Å². The van der Waals surface area contributed by atoms with Crippen LogP contribution in [0, 0.1) is 0 Å². The first-order valence-electron chi connectivity index (χ1n) is 21.0. The molecule has 61 heavy (non-hydrogen) atoms. The molecule has 0 fully saturated rings. The van der Waals surface area contributed by atoms with Crippen LogP contribution in [0.5, 0.6) is 5.75 Å². The number of fused-ring (bicyclic) bond motifs is 7. The molecule has 1 aliphatic carbocycles. The van der Waals surface area contributed by atoms with Gasteiger partial charge >= 0.3 is 0 Å². The number of allylic oxidation sites excluding steroid dienone is 2. The van der Waals surface area contributed by atoms with E-state index in [-0.39, 0.29) is 12.0 Å². The molecule has 3 nitrogen and oxygen atoms in total. The topological polar surface area (TPSA) is 25.6 Å². The summed E-state index contributed by atoms with van der Waals surface area (Å²) in [6, 6.07) is 72.0. The highest BCUT2D eigenvalue weighted by Crippen LogP contribution is 2.51. The third-order valence-electron chi connectivity index (χ3n) is 12.4. The Morgan fingerprint density at radius 3 is 1.87 bits per heavy atom. The SMILES string of the molecule is C1=CC2Oc3cccc(N(c4ccc(-c5ccc(-c6ccccc6)c(-c6ccccc6)c5)cc4)c4ccccc4-c4ccc5oc6cc7ccccc7cc6c5c4)c3C2C=C1. The van der Waals surface area contributed by atoms with Crippen molar-refractivity contribution in [1.29, 1.82) is 0 Å². The number of anilines is 3. The smallest absolute Gasteiger partial charge is 0.136 e. The number of hydrogen-bond donors (Lipinski definition) is 0. The zero-order valence-corrected chi connectivity index (χ0v) is 33.3. The second-order valence-electron chi connectivity index (χ2n) is 16.0. The number of rotatable bonds is 7. The van der Waals surface area contributed by atoms with Crippen LogP contribution in [0.3, 0.4) is 0 Å². The molecule has 0 amide bonds. The molecular formula is C58H39NO2. The van der Waals surface area contributed by atoms with E-state index >= 15 is 0 Å². The highest BCUT2D eigenvalue weighted by molar-refractivity contribution is 6.11. The number of furan rings is 1. The Labute approximate surface area is 354 Å². The van der Waals surface area contributed by atoms with E-state index in [1.54, 1.807) is 0 Å². The van der Waals surface area contributed by atoms with Crippen molar-refractivity contribution in [3.63, 3.8) is 0 Å². The lowest BCUT2D eigenvalue weighted by Crippen LogP contribution is -2.18. The van der Waals surface area contributed by atoms with E-state index in [2.05, 4.69) is 229 Å². The highest BCUT2D eigenvalue weighted by Gasteiger charge is 2.36. The summed E-state index contributed by atoms with van der Waals surface area (Å²) in [5.41, 5.74) is 15.6. The molecule has 0 saturated carbocycles.